The minimum absolute atomic E-state index is 0.0379. The molecule has 164 valence electrons. The summed E-state index contributed by atoms with van der Waals surface area (Å²) in [7, 11) is 0. The molecule has 1 atom stereocenters. The maximum atomic E-state index is 12.5. The Hall–Kier alpha value is -3.09. The van der Waals surface area contributed by atoms with E-state index in [1.807, 2.05) is 5.92 Å². The molecule has 2 fully saturated rings. The van der Waals surface area contributed by atoms with Crippen molar-refractivity contribution >= 4 is 29.8 Å². The second-order valence-corrected chi connectivity index (χ2v) is 7.66. The van der Waals surface area contributed by atoms with E-state index >= 15 is 0 Å². The first-order valence-electron chi connectivity index (χ1n) is 9.90. The van der Waals surface area contributed by atoms with Gasteiger partial charge in [-0.15, -0.1) is 6.42 Å². The Bertz CT molecular complexity index is 718. The normalized spacial score (nSPS) is 22.3. The Kier molecular flexibility index (Phi) is 8.21. The monoisotopic (exact) mass is 422 g/mol. The van der Waals surface area contributed by atoms with Gasteiger partial charge in [-0.1, -0.05) is 18.9 Å². The van der Waals surface area contributed by atoms with Crippen LogP contribution < -0.4 is 5.32 Å². The van der Waals surface area contributed by atoms with E-state index < -0.39 is 36.1 Å². The molecule has 3 amide bonds. The summed E-state index contributed by atoms with van der Waals surface area (Å²) in [5.41, 5.74) is 0. The van der Waals surface area contributed by atoms with Crippen LogP contribution in [0, 0.1) is 30.1 Å². The average molecular weight is 422 g/mol. The zero-order chi connectivity index (χ0) is 22.3. The first-order valence-corrected chi connectivity index (χ1v) is 9.90. The standard InChI is InChI=1S/C20H26N2O8/c1-4-15(23)21-11-13-5-7-14(8-6-13)18(26)28-19(12(2)3)29-20(27)30-22-16(24)9-10-17(22)25/h1,12-14,19H,5-11H2,2-3H3,(H,21,23). The molecule has 0 radical (unpaired) electrons. The number of hydrogen-bond acceptors (Lipinski definition) is 8. The van der Waals surface area contributed by atoms with E-state index in [1.165, 1.54) is 0 Å². The van der Waals surface area contributed by atoms with E-state index in [0.717, 1.165) is 12.8 Å². The SMILES string of the molecule is C#CC(=O)NCC1CCC(C(=O)OC(OC(=O)ON2C(=O)CCC2=O)C(C)C)CC1. The van der Waals surface area contributed by atoms with E-state index in [0.29, 0.717) is 24.4 Å². The second-order valence-electron chi connectivity index (χ2n) is 7.66. The molecule has 2 rings (SSSR count). The summed E-state index contributed by atoms with van der Waals surface area (Å²) in [6.45, 7) is 3.83. The second kappa shape index (κ2) is 10.6. The summed E-state index contributed by atoms with van der Waals surface area (Å²) in [4.78, 5) is 63.2. The Labute approximate surface area is 174 Å². The van der Waals surface area contributed by atoms with Gasteiger partial charge in [0.25, 0.3) is 24.0 Å². The highest BCUT2D eigenvalue weighted by molar-refractivity contribution is 6.01. The van der Waals surface area contributed by atoms with E-state index in [-0.39, 0.29) is 30.6 Å². The highest BCUT2D eigenvalue weighted by Gasteiger charge is 2.36. The Morgan fingerprint density at radius 1 is 1.10 bits per heavy atom. The molecule has 1 aliphatic carbocycles. The smallest absolute Gasteiger partial charge is 0.424 e. The molecule has 10 nitrogen and oxygen atoms in total. The number of ether oxygens (including phenoxy) is 2. The maximum Gasteiger partial charge on any atom is 0.537 e. The molecular weight excluding hydrogens is 396 g/mol. The van der Waals surface area contributed by atoms with Gasteiger partial charge in [0.15, 0.2) is 0 Å². The van der Waals surface area contributed by atoms with Crippen LogP contribution in [0.5, 0.6) is 0 Å². The van der Waals surface area contributed by atoms with Gasteiger partial charge in [0.1, 0.15) is 0 Å². The third kappa shape index (κ3) is 6.47. The summed E-state index contributed by atoms with van der Waals surface area (Å²) in [5.74, 6) is -0.734. The molecule has 1 saturated heterocycles. The van der Waals surface area contributed by atoms with Crippen LogP contribution in [0.1, 0.15) is 52.4 Å². The van der Waals surface area contributed by atoms with Crippen LogP contribution in [0.2, 0.25) is 0 Å². The predicted molar refractivity (Wildman–Crippen MR) is 101 cm³/mol. The lowest BCUT2D eigenvalue weighted by atomic mass is 9.82. The van der Waals surface area contributed by atoms with Crippen molar-refractivity contribution in [2.24, 2.45) is 17.8 Å². The van der Waals surface area contributed by atoms with Crippen molar-refractivity contribution in [3.05, 3.63) is 0 Å². The van der Waals surface area contributed by atoms with Gasteiger partial charge in [-0.2, -0.15) is 0 Å². The summed E-state index contributed by atoms with van der Waals surface area (Å²) in [6, 6.07) is 0. The molecule has 1 aliphatic heterocycles. The average Bonchev–Trinajstić information content (AvgIpc) is 3.03. The van der Waals surface area contributed by atoms with E-state index in [9.17, 15) is 24.0 Å². The molecule has 1 N–H and O–H groups in total. The molecule has 0 aromatic carbocycles. The zero-order valence-electron chi connectivity index (χ0n) is 17.0. The van der Waals surface area contributed by atoms with Crippen LogP contribution in [-0.4, -0.2) is 47.7 Å². The molecule has 1 heterocycles. The lowest BCUT2D eigenvalue weighted by molar-refractivity contribution is -0.202. The molecule has 0 spiro atoms. The number of imide groups is 1. The van der Waals surface area contributed by atoms with Crippen LogP contribution in [0.25, 0.3) is 0 Å². The lowest BCUT2D eigenvalue weighted by Gasteiger charge is -2.29. The van der Waals surface area contributed by atoms with Crippen LogP contribution in [0.4, 0.5) is 4.79 Å². The van der Waals surface area contributed by atoms with Crippen molar-refractivity contribution in [1.29, 1.82) is 0 Å². The lowest BCUT2D eigenvalue weighted by Crippen LogP contribution is -2.37. The van der Waals surface area contributed by atoms with Crippen molar-refractivity contribution in [3.63, 3.8) is 0 Å². The minimum atomic E-state index is -1.29. The quantitative estimate of drug-likeness (QED) is 0.281. The molecule has 0 bridgehead atoms. The van der Waals surface area contributed by atoms with Gasteiger partial charge in [-0.05, 0) is 37.5 Å². The number of nitrogens with zero attached hydrogens (tertiary/aromatic N) is 1. The number of hydrogen-bond donors (Lipinski definition) is 1. The van der Waals surface area contributed by atoms with Crippen molar-refractivity contribution in [2.45, 2.75) is 58.7 Å². The molecule has 10 heteroatoms. The van der Waals surface area contributed by atoms with Gasteiger partial charge in [0.05, 0.1) is 5.92 Å². The molecular formula is C20H26N2O8. The fourth-order valence-corrected chi connectivity index (χ4v) is 3.25. The predicted octanol–water partition coefficient (Wildman–Crippen LogP) is 1.28. The molecule has 1 saturated carbocycles. The fraction of sp³-hybridized carbons (Fsp3) is 0.650. The highest BCUT2D eigenvalue weighted by Crippen LogP contribution is 2.30. The number of amides is 3. The zero-order valence-corrected chi connectivity index (χ0v) is 17.0. The first-order chi connectivity index (χ1) is 14.2. The molecule has 30 heavy (non-hydrogen) atoms. The highest BCUT2D eigenvalue weighted by atomic mass is 16.9. The summed E-state index contributed by atoms with van der Waals surface area (Å²) in [5, 5.41) is 3.00. The number of hydroxylamine groups is 2. The Balaban J connectivity index is 1.80. The fourth-order valence-electron chi connectivity index (χ4n) is 3.25. The number of rotatable bonds is 7. The Morgan fingerprint density at radius 3 is 2.23 bits per heavy atom. The first kappa shape index (κ1) is 23.2. The van der Waals surface area contributed by atoms with Gasteiger partial charge in [-0.3, -0.25) is 24.0 Å². The third-order valence-corrected chi connectivity index (χ3v) is 5.02. The van der Waals surface area contributed by atoms with Crippen LogP contribution in [0.3, 0.4) is 0 Å². The number of carbonyl (C=O) groups is 5. The van der Waals surface area contributed by atoms with Crippen molar-refractivity contribution in [1.82, 2.24) is 10.4 Å². The minimum Gasteiger partial charge on any atom is -0.424 e. The van der Waals surface area contributed by atoms with Gasteiger partial charge < -0.3 is 14.8 Å². The van der Waals surface area contributed by atoms with Crippen LogP contribution >= 0.6 is 0 Å². The van der Waals surface area contributed by atoms with Crippen LogP contribution in [-0.2, 0) is 33.5 Å². The number of terminal acetylenes is 1. The van der Waals surface area contributed by atoms with Gasteiger partial charge in [0, 0.05) is 25.3 Å². The van der Waals surface area contributed by atoms with Gasteiger partial charge in [0.2, 0.25) is 0 Å². The van der Waals surface area contributed by atoms with Gasteiger partial charge >= 0.3 is 12.1 Å². The third-order valence-electron chi connectivity index (χ3n) is 5.02. The maximum absolute atomic E-state index is 12.5. The number of esters is 1. The topological polar surface area (TPSA) is 128 Å². The molecule has 0 aromatic heterocycles. The van der Waals surface area contributed by atoms with Gasteiger partial charge in [-0.25, -0.2) is 4.79 Å². The number of nitrogens with one attached hydrogen (secondary N) is 1. The van der Waals surface area contributed by atoms with Crippen molar-refractivity contribution in [3.8, 4) is 12.3 Å². The van der Waals surface area contributed by atoms with Crippen LogP contribution in [0.15, 0.2) is 0 Å². The largest absolute Gasteiger partial charge is 0.537 e. The molecule has 1 unspecified atom stereocenters. The summed E-state index contributed by atoms with van der Waals surface area (Å²) >= 11 is 0. The van der Waals surface area contributed by atoms with E-state index in [1.54, 1.807) is 13.8 Å². The van der Waals surface area contributed by atoms with E-state index in [2.05, 4.69) is 10.2 Å². The summed E-state index contributed by atoms with van der Waals surface area (Å²) in [6.07, 6.45) is 5.01. The molecule has 0 aromatic rings. The van der Waals surface area contributed by atoms with Crippen molar-refractivity contribution < 1.29 is 38.3 Å². The number of carbonyl (C=O) groups excluding carboxylic acids is 5. The summed E-state index contributed by atoms with van der Waals surface area (Å²) < 4.78 is 10.4. The van der Waals surface area contributed by atoms with Crippen molar-refractivity contribution in [2.75, 3.05) is 6.54 Å². The Morgan fingerprint density at radius 2 is 1.70 bits per heavy atom. The van der Waals surface area contributed by atoms with E-state index in [4.69, 9.17) is 15.9 Å². The molecule has 2 aliphatic rings.